The first kappa shape index (κ1) is 13.5. The van der Waals surface area contributed by atoms with Crippen molar-refractivity contribution in [1.29, 1.82) is 0 Å². The minimum Gasteiger partial charge on any atom is -0.396 e. The zero-order chi connectivity index (χ0) is 13.8. The van der Waals surface area contributed by atoms with Gasteiger partial charge in [0.15, 0.2) is 0 Å². The van der Waals surface area contributed by atoms with Crippen molar-refractivity contribution in [2.75, 3.05) is 13.2 Å². The molecule has 1 aromatic carbocycles. The van der Waals surface area contributed by atoms with Crippen LogP contribution in [0.1, 0.15) is 31.2 Å². The Kier molecular flexibility index (Phi) is 4.28. The van der Waals surface area contributed by atoms with Crippen LogP contribution in [0.15, 0.2) is 36.5 Å². The van der Waals surface area contributed by atoms with Gasteiger partial charge in [0.1, 0.15) is 0 Å². The number of nitrogens with zero attached hydrogens (tertiary/aromatic N) is 2. The van der Waals surface area contributed by atoms with E-state index in [4.69, 9.17) is 5.11 Å². The first-order chi connectivity index (χ1) is 9.86. The van der Waals surface area contributed by atoms with Gasteiger partial charge in [-0.2, -0.15) is 0 Å². The van der Waals surface area contributed by atoms with Crippen LogP contribution in [-0.2, 0) is 6.54 Å². The van der Waals surface area contributed by atoms with Gasteiger partial charge >= 0.3 is 0 Å². The summed E-state index contributed by atoms with van der Waals surface area (Å²) < 4.78 is 0. The number of aliphatic hydroxyl groups excluding tert-OH is 1. The van der Waals surface area contributed by atoms with E-state index in [-0.39, 0.29) is 0 Å². The first-order valence-corrected chi connectivity index (χ1v) is 7.55. The SMILES string of the molecule is OCCCC1CCCN1Cc1ccc2ncccc2c1. The maximum atomic E-state index is 9.00. The van der Waals surface area contributed by atoms with E-state index < -0.39 is 0 Å². The Morgan fingerprint density at radius 3 is 3.15 bits per heavy atom. The molecule has 0 aliphatic carbocycles. The number of likely N-dealkylation sites (tertiary alicyclic amines) is 1. The summed E-state index contributed by atoms with van der Waals surface area (Å²) >= 11 is 0. The van der Waals surface area contributed by atoms with Gasteiger partial charge < -0.3 is 5.11 Å². The molecule has 0 amide bonds. The summed E-state index contributed by atoms with van der Waals surface area (Å²) in [6.07, 6.45) is 6.43. The Balaban J connectivity index is 1.71. The second-order valence-corrected chi connectivity index (χ2v) is 5.66. The highest BCUT2D eigenvalue weighted by Gasteiger charge is 2.23. The van der Waals surface area contributed by atoms with Crippen LogP contribution >= 0.6 is 0 Å². The van der Waals surface area contributed by atoms with Gasteiger partial charge in [0.05, 0.1) is 5.52 Å². The number of aromatic nitrogens is 1. The molecular weight excluding hydrogens is 248 g/mol. The molecule has 0 saturated carbocycles. The van der Waals surface area contributed by atoms with Crippen molar-refractivity contribution < 1.29 is 5.11 Å². The van der Waals surface area contributed by atoms with Gasteiger partial charge in [0, 0.05) is 30.8 Å². The molecule has 0 spiro atoms. The van der Waals surface area contributed by atoms with E-state index in [0.29, 0.717) is 12.6 Å². The van der Waals surface area contributed by atoms with E-state index in [1.54, 1.807) is 0 Å². The van der Waals surface area contributed by atoms with E-state index in [9.17, 15) is 0 Å². The molecule has 1 atom stereocenters. The summed E-state index contributed by atoms with van der Waals surface area (Å²) in [5.74, 6) is 0. The minimum absolute atomic E-state index is 0.311. The van der Waals surface area contributed by atoms with E-state index in [1.165, 1.54) is 30.3 Å². The van der Waals surface area contributed by atoms with E-state index in [2.05, 4.69) is 34.1 Å². The third-order valence-corrected chi connectivity index (χ3v) is 4.25. The number of aliphatic hydroxyl groups is 1. The summed E-state index contributed by atoms with van der Waals surface area (Å²) in [4.78, 5) is 6.93. The number of benzene rings is 1. The Bertz CT molecular complexity index is 570. The van der Waals surface area contributed by atoms with Crippen LogP contribution in [0.5, 0.6) is 0 Å². The van der Waals surface area contributed by atoms with E-state index >= 15 is 0 Å². The van der Waals surface area contributed by atoms with Crippen LogP contribution in [0.4, 0.5) is 0 Å². The number of pyridine rings is 1. The second kappa shape index (κ2) is 6.33. The van der Waals surface area contributed by atoms with Gasteiger partial charge in [0.25, 0.3) is 0 Å². The lowest BCUT2D eigenvalue weighted by Crippen LogP contribution is -2.29. The topological polar surface area (TPSA) is 36.4 Å². The molecule has 1 aliphatic heterocycles. The Labute approximate surface area is 120 Å². The number of fused-ring (bicyclic) bond motifs is 1. The Morgan fingerprint density at radius 1 is 1.30 bits per heavy atom. The highest BCUT2D eigenvalue weighted by atomic mass is 16.2. The van der Waals surface area contributed by atoms with Crippen molar-refractivity contribution in [2.45, 2.75) is 38.3 Å². The van der Waals surface area contributed by atoms with Crippen molar-refractivity contribution in [2.24, 2.45) is 0 Å². The molecule has 106 valence electrons. The molecule has 1 saturated heterocycles. The second-order valence-electron chi connectivity index (χ2n) is 5.66. The number of hydrogen-bond donors (Lipinski definition) is 1. The quantitative estimate of drug-likeness (QED) is 0.907. The van der Waals surface area contributed by atoms with Crippen LogP contribution in [0, 0.1) is 0 Å². The summed E-state index contributed by atoms with van der Waals surface area (Å²) in [6, 6.07) is 11.3. The van der Waals surface area contributed by atoms with Crippen LogP contribution in [0.2, 0.25) is 0 Å². The van der Waals surface area contributed by atoms with Crippen molar-refractivity contribution in [3.8, 4) is 0 Å². The molecule has 1 aliphatic rings. The molecule has 1 N–H and O–H groups in total. The number of hydrogen-bond acceptors (Lipinski definition) is 3. The third-order valence-electron chi connectivity index (χ3n) is 4.25. The lowest BCUT2D eigenvalue weighted by atomic mass is 10.1. The zero-order valence-corrected chi connectivity index (χ0v) is 11.8. The smallest absolute Gasteiger partial charge is 0.0702 e. The number of rotatable bonds is 5. The molecule has 0 radical (unpaired) electrons. The maximum Gasteiger partial charge on any atom is 0.0702 e. The van der Waals surface area contributed by atoms with Gasteiger partial charge in [-0.05, 0) is 56.0 Å². The van der Waals surface area contributed by atoms with Gasteiger partial charge in [-0.3, -0.25) is 9.88 Å². The Morgan fingerprint density at radius 2 is 2.25 bits per heavy atom. The largest absolute Gasteiger partial charge is 0.396 e. The zero-order valence-electron chi connectivity index (χ0n) is 11.8. The fourth-order valence-corrected chi connectivity index (χ4v) is 3.22. The average Bonchev–Trinajstić information content (AvgIpc) is 2.92. The highest BCUT2D eigenvalue weighted by molar-refractivity contribution is 5.78. The van der Waals surface area contributed by atoms with Gasteiger partial charge in [-0.25, -0.2) is 0 Å². The standard InChI is InChI=1S/C17H22N2O/c20-11-3-6-16-5-2-10-19(16)13-14-7-8-17-15(12-14)4-1-9-18-17/h1,4,7-9,12,16,20H,2-3,5-6,10-11,13H2. The van der Waals surface area contributed by atoms with Crippen LogP contribution in [0.3, 0.4) is 0 Å². The molecule has 3 nitrogen and oxygen atoms in total. The predicted molar refractivity (Wildman–Crippen MR) is 81.5 cm³/mol. The lowest BCUT2D eigenvalue weighted by molar-refractivity contribution is 0.210. The molecular formula is C17H22N2O. The summed E-state index contributed by atoms with van der Waals surface area (Å²) in [5.41, 5.74) is 2.43. The first-order valence-electron chi connectivity index (χ1n) is 7.55. The van der Waals surface area contributed by atoms with Gasteiger partial charge in [-0.1, -0.05) is 12.1 Å². The fourth-order valence-electron chi connectivity index (χ4n) is 3.22. The van der Waals surface area contributed by atoms with Gasteiger partial charge in [0.2, 0.25) is 0 Å². The highest BCUT2D eigenvalue weighted by Crippen LogP contribution is 2.24. The monoisotopic (exact) mass is 270 g/mol. The van der Waals surface area contributed by atoms with E-state index in [1.807, 2.05) is 12.3 Å². The van der Waals surface area contributed by atoms with Crippen molar-refractivity contribution >= 4 is 10.9 Å². The molecule has 1 fully saturated rings. The van der Waals surface area contributed by atoms with E-state index in [0.717, 1.165) is 24.9 Å². The normalized spacial score (nSPS) is 19.8. The molecule has 3 rings (SSSR count). The third kappa shape index (κ3) is 3.00. The fraction of sp³-hybridized carbons (Fsp3) is 0.471. The molecule has 3 heteroatoms. The summed E-state index contributed by atoms with van der Waals surface area (Å²) in [6.45, 7) is 2.51. The van der Waals surface area contributed by atoms with Crippen molar-refractivity contribution in [3.63, 3.8) is 0 Å². The molecule has 20 heavy (non-hydrogen) atoms. The van der Waals surface area contributed by atoms with Crippen molar-refractivity contribution in [3.05, 3.63) is 42.1 Å². The lowest BCUT2D eigenvalue weighted by Gasteiger charge is -2.24. The summed E-state index contributed by atoms with van der Waals surface area (Å²) in [7, 11) is 0. The van der Waals surface area contributed by atoms with Crippen LogP contribution in [0.25, 0.3) is 10.9 Å². The molecule has 0 bridgehead atoms. The summed E-state index contributed by atoms with van der Waals surface area (Å²) in [5, 5.41) is 10.2. The molecule has 2 aromatic rings. The maximum absolute atomic E-state index is 9.00. The molecule has 1 unspecified atom stereocenters. The van der Waals surface area contributed by atoms with Crippen LogP contribution < -0.4 is 0 Å². The van der Waals surface area contributed by atoms with Crippen molar-refractivity contribution in [1.82, 2.24) is 9.88 Å². The molecule has 2 heterocycles. The van der Waals surface area contributed by atoms with Crippen LogP contribution in [-0.4, -0.2) is 34.2 Å². The minimum atomic E-state index is 0.311. The van der Waals surface area contributed by atoms with Gasteiger partial charge in [-0.15, -0.1) is 0 Å². The predicted octanol–water partition coefficient (Wildman–Crippen LogP) is 2.97. The average molecular weight is 270 g/mol. The Hall–Kier alpha value is -1.45. The molecule has 1 aromatic heterocycles.